The van der Waals surface area contributed by atoms with E-state index in [0.717, 1.165) is 95.9 Å². The lowest BCUT2D eigenvalue weighted by molar-refractivity contribution is 0.414. The summed E-state index contributed by atoms with van der Waals surface area (Å²) >= 11 is 0. The number of rotatable bonds is 13. The second kappa shape index (κ2) is 19.5. The van der Waals surface area contributed by atoms with E-state index in [0.29, 0.717) is 0 Å². The van der Waals surface area contributed by atoms with Gasteiger partial charge in [-0.3, -0.25) is 0 Å². The zero-order valence-corrected chi connectivity index (χ0v) is 42.3. The Hall–Kier alpha value is -9.98. The molecular formula is C69H52N4O3. The zero-order chi connectivity index (χ0) is 51.1. The number of hydrogen-bond donors (Lipinski definition) is 0. The summed E-state index contributed by atoms with van der Waals surface area (Å²) in [7, 11) is 5.12. The fourth-order valence-electron chi connectivity index (χ4n) is 10.8. The summed E-state index contributed by atoms with van der Waals surface area (Å²) in [5.74, 6) is 2.40. The molecule has 0 spiro atoms. The molecule has 12 aromatic carbocycles. The van der Waals surface area contributed by atoms with Crippen LogP contribution in [0.2, 0.25) is 0 Å². The predicted octanol–water partition coefficient (Wildman–Crippen LogP) is 18.7. The molecule has 76 heavy (non-hydrogen) atoms. The molecule has 7 nitrogen and oxygen atoms in total. The Kier molecular flexibility index (Phi) is 11.7. The Labute approximate surface area is 441 Å². The third kappa shape index (κ3) is 8.40. The van der Waals surface area contributed by atoms with Crippen molar-refractivity contribution in [2.24, 2.45) is 0 Å². The SMILES string of the molecule is COc1ccc(N(c2cccc(-n3c4ccc(N(c5ccc(OC)cc5)c5ccc6ccccc6c5)cc4c4cc(N(c5ccc(OC)cc5)c5ccc6ccccc6c5)ccc43)c2)c2ccc3ccccc3c2)cc1. The molecule has 0 bridgehead atoms. The molecule has 0 fully saturated rings. The summed E-state index contributed by atoms with van der Waals surface area (Å²) in [6.07, 6.45) is 0. The summed E-state index contributed by atoms with van der Waals surface area (Å²) < 4.78 is 19.4. The molecule has 366 valence electrons. The molecule has 0 aliphatic heterocycles. The number of anilines is 9. The van der Waals surface area contributed by atoms with E-state index in [1.165, 1.54) is 32.3 Å². The van der Waals surface area contributed by atoms with E-state index in [9.17, 15) is 0 Å². The van der Waals surface area contributed by atoms with Gasteiger partial charge in [0.1, 0.15) is 17.2 Å². The molecule has 0 N–H and O–H groups in total. The van der Waals surface area contributed by atoms with E-state index in [1.807, 2.05) is 36.4 Å². The third-order valence-electron chi connectivity index (χ3n) is 14.6. The molecule has 13 rings (SSSR count). The maximum atomic E-state index is 5.66. The molecule has 0 radical (unpaired) electrons. The van der Waals surface area contributed by atoms with E-state index in [-0.39, 0.29) is 0 Å². The van der Waals surface area contributed by atoms with Crippen molar-refractivity contribution >= 4 is 105 Å². The van der Waals surface area contributed by atoms with Gasteiger partial charge in [0, 0.05) is 67.6 Å². The molecule has 1 aromatic heterocycles. The first-order chi connectivity index (χ1) is 37.5. The Morgan fingerprint density at radius 1 is 0.250 bits per heavy atom. The fourth-order valence-corrected chi connectivity index (χ4v) is 10.8. The highest BCUT2D eigenvalue weighted by atomic mass is 16.5. The quantitative estimate of drug-likeness (QED) is 0.115. The van der Waals surface area contributed by atoms with Gasteiger partial charge in [0.15, 0.2) is 0 Å². The summed E-state index contributed by atoms with van der Waals surface area (Å²) in [4.78, 5) is 7.01. The Balaban J connectivity index is 1.04. The Morgan fingerprint density at radius 2 is 0.553 bits per heavy atom. The molecule has 0 amide bonds. The average Bonchev–Trinajstić information content (AvgIpc) is 3.84. The molecule has 0 unspecified atom stereocenters. The Bertz CT molecular complexity index is 4080. The second-order valence-corrected chi connectivity index (χ2v) is 19.0. The molecule has 0 saturated heterocycles. The van der Waals surface area contributed by atoms with Crippen LogP contribution < -0.4 is 28.9 Å². The van der Waals surface area contributed by atoms with Crippen LogP contribution in [-0.2, 0) is 0 Å². The normalized spacial score (nSPS) is 11.4. The monoisotopic (exact) mass is 984 g/mol. The van der Waals surface area contributed by atoms with Crippen LogP contribution in [0.25, 0.3) is 59.8 Å². The van der Waals surface area contributed by atoms with Gasteiger partial charge in [-0.2, -0.15) is 0 Å². The maximum absolute atomic E-state index is 5.66. The van der Waals surface area contributed by atoms with E-state index >= 15 is 0 Å². The lowest BCUT2D eigenvalue weighted by Gasteiger charge is -2.27. The van der Waals surface area contributed by atoms with Crippen molar-refractivity contribution in [2.45, 2.75) is 0 Å². The highest BCUT2D eigenvalue weighted by Crippen LogP contribution is 2.45. The van der Waals surface area contributed by atoms with Crippen LogP contribution in [0.15, 0.2) is 261 Å². The van der Waals surface area contributed by atoms with Gasteiger partial charge in [-0.15, -0.1) is 0 Å². The number of fused-ring (bicyclic) bond motifs is 6. The molecule has 1 heterocycles. The summed E-state index contributed by atoms with van der Waals surface area (Å²) in [6.45, 7) is 0. The van der Waals surface area contributed by atoms with E-state index in [2.05, 4.69) is 244 Å². The van der Waals surface area contributed by atoms with Gasteiger partial charge >= 0.3 is 0 Å². The minimum absolute atomic E-state index is 0.800. The number of nitrogens with zero attached hydrogens (tertiary/aromatic N) is 4. The van der Waals surface area contributed by atoms with Crippen LogP contribution in [0, 0.1) is 0 Å². The van der Waals surface area contributed by atoms with Crippen molar-refractivity contribution < 1.29 is 14.2 Å². The maximum Gasteiger partial charge on any atom is 0.119 e. The van der Waals surface area contributed by atoms with E-state index in [1.54, 1.807) is 21.3 Å². The lowest BCUT2D eigenvalue weighted by Crippen LogP contribution is -2.11. The molecule has 0 aliphatic carbocycles. The topological polar surface area (TPSA) is 42.3 Å². The van der Waals surface area contributed by atoms with Crippen LogP contribution in [0.4, 0.5) is 51.2 Å². The van der Waals surface area contributed by atoms with Gasteiger partial charge in [-0.05, 0) is 196 Å². The molecule has 7 heteroatoms. The largest absolute Gasteiger partial charge is 0.497 e. The molecule has 0 aliphatic rings. The van der Waals surface area contributed by atoms with Crippen molar-refractivity contribution in [3.05, 3.63) is 261 Å². The van der Waals surface area contributed by atoms with Crippen molar-refractivity contribution in [3.8, 4) is 22.9 Å². The third-order valence-corrected chi connectivity index (χ3v) is 14.6. The first kappa shape index (κ1) is 45.9. The van der Waals surface area contributed by atoms with E-state index < -0.39 is 0 Å². The summed E-state index contributed by atoms with van der Waals surface area (Å²) in [5.41, 5.74) is 12.4. The number of ether oxygens (including phenoxy) is 3. The van der Waals surface area contributed by atoms with Crippen LogP contribution in [-0.4, -0.2) is 25.9 Å². The fraction of sp³-hybridized carbons (Fsp3) is 0.0435. The predicted molar refractivity (Wildman–Crippen MR) is 317 cm³/mol. The van der Waals surface area contributed by atoms with Gasteiger partial charge < -0.3 is 33.5 Å². The van der Waals surface area contributed by atoms with Crippen molar-refractivity contribution in [1.29, 1.82) is 0 Å². The van der Waals surface area contributed by atoms with Gasteiger partial charge in [-0.1, -0.05) is 97.1 Å². The number of methoxy groups -OCH3 is 3. The lowest BCUT2D eigenvalue weighted by atomic mass is 10.1. The second-order valence-electron chi connectivity index (χ2n) is 19.0. The van der Waals surface area contributed by atoms with Crippen LogP contribution in [0.3, 0.4) is 0 Å². The highest BCUT2D eigenvalue weighted by molar-refractivity contribution is 6.12. The average molecular weight is 985 g/mol. The Morgan fingerprint density at radius 3 is 0.908 bits per heavy atom. The van der Waals surface area contributed by atoms with Gasteiger partial charge in [0.05, 0.1) is 32.4 Å². The van der Waals surface area contributed by atoms with Crippen molar-refractivity contribution in [1.82, 2.24) is 4.57 Å². The van der Waals surface area contributed by atoms with Gasteiger partial charge in [0.25, 0.3) is 0 Å². The van der Waals surface area contributed by atoms with Crippen molar-refractivity contribution in [3.63, 3.8) is 0 Å². The van der Waals surface area contributed by atoms with Crippen LogP contribution >= 0.6 is 0 Å². The molecule has 0 saturated carbocycles. The number of benzene rings is 12. The first-order valence-electron chi connectivity index (χ1n) is 25.5. The van der Waals surface area contributed by atoms with E-state index in [4.69, 9.17) is 14.2 Å². The smallest absolute Gasteiger partial charge is 0.119 e. The molecular weight excluding hydrogens is 933 g/mol. The van der Waals surface area contributed by atoms with Crippen molar-refractivity contribution in [2.75, 3.05) is 36.0 Å². The van der Waals surface area contributed by atoms with Crippen LogP contribution in [0.5, 0.6) is 17.2 Å². The first-order valence-corrected chi connectivity index (χ1v) is 25.5. The molecule has 13 aromatic rings. The number of aromatic nitrogens is 1. The highest BCUT2D eigenvalue weighted by Gasteiger charge is 2.22. The molecule has 0 atom stereocenters. The standard InChI is InChI=1S/C69H52N4O3/c1-74-63-33-25-53(26-34-63)70(58-22-19-47-11-4-7-14-50(47)41-58)56-17-10-18-57(44-56)73-68-39-31-61(71(54-27-35-64(75-2)36-28-54)59-23-20-48-12-5-8-15-51(48)42-59)45-66(68)67-46-62(32-40-69(67)73)72(55-29-37-65(76-3)38-30-55)60-24-21-49-13-6-9-16-52(49)43-60/h4-46H,1-3H3. The summed E-state index contributed by atoms with van der Waals surface area (Å²) in [5, 5.41) is 9.28. The van der Waals surface area contributed by atoms with Gasteiger partial charge in [-0.25, -0.2) is 0 Å². The minimum atomic E-state index is 0.800. The minimum Gasteiger partial charge on any atom is -0.497 e. The van der Waals surface area contributed by atoms with Gasteiger partial charge in [0.2, 0.25) is 0 Å². The number of hydrogen-bond acceptors (Lipinski definition) is 6. The van der Waals surface area contributed by atoms with Crippen LogP contribution in [0.1, 0.15) is 0 Å². The zero-order valence-electron chi connectivity index (χ0n) is 42.3. The summed E-state index contributed by atoms with van der Waals surface area (Å²) in [6, 6.07) is 93.2.